The third-order valence-electron chi connectivity index (χ3n) is 3.79. The molecule has 7 heteroatoms. The summed E-state index contributed by atoms with van der Waals surface area (Å²) in [6.45, 7) is 2.70. The topological polar surface area (TPSA) is 84.5 Å². The summed E-state index contributed by atoms with van der Waals surface area (Å²) < 4.78 is 32.5. The lowest BCUT2D eigenvalue weighted by Crippen LogP contribution is -2.21. The monoisotopic (exact) mass is 388 g/mol. The average molecular weight is 388 g/mol. The van der Waals surface area contributed by atoms with E-state index in [1.54, 1.807) is 49.6 Å². The molecule has 0 aliphatic rings. The van der Waals surface area contributed by atoms with E-state index in [4.69, 9.17) is 4.74 Å². The average Bonchev–Trinajstić information content (AvgIpc) is 2.67. The van der Waals surface area contributed by atoms with E-state index in [1.165, 1.54) is 18.2 Å². The normalized spacial score (nSPS) is 11.3. The molecule has 2 aromatic carbocycles. The summed E-state index contributed by atoms with van der Waals surface area (Å²) >= 11 is 0. The number of carbonyl (C=O) groups is 1. The maximum absolute atomic E-state index is 12.5. The van der Waals surface area contributed by atoms with Gasteiger partial charge in [0.25, 0.3) is 10.0 Å². The molecule has 0 saturated carbocycles. The molecule has 0 aliphatic heterocycles. The molecule has 27 heavy (non-hydrogen) atoms. The lowest BCUT2D eigenvalue weighted by molar-refractivity contribution is -0.116. The molecule has 0 bridgehead atoms. The maximum atomic E-state index is 12.5. The van der Waals surface area contributed by atoms with E-state index in [9.17, 15) is 13.2 Å². The molecule has 1 amide bonds. The highest BCUT2D eigenvalue weighted by molar-refractivity contribution is 7.92. The summed E-state index contributed by atoms with van der Waals surface area (Å²) in [5, 5.41) is 2.78. The summed E-state index contributed by atoms with van der Waals surface area (Å²) in [4.78, 5) is 11.8. The number of anilines is 1. The zero-order chi connectivity index (χ0) is 19.7. The van der Waals surface area contributed by atoms with Crippen LogP contribution in [0.15, 0.2) is 59.5 Å². The number of unbranched alkanes of at least 4 members (excludes halogenated alkanes) is 1. The molecule has 0 spiro atoms. The molecule has 0 radical (unpaired) electrons. The van der Waals surface area contributed by atoms with Crippen LogP contribution in [0, 0.1) is 0 Å². The van der Waals surface area contributed by atoms with Crippen LogP contribution in [0.2, 0.25) is 0 Å². The smallest absolute Gasteiger partial charge is 0.261 e. The summed E-state index contributed by atoms with van der Waals surface area (Å²) in [6, 6.07) is 12.9. The number of hydrogen-bond donors (Lipinski definition) is 2. The van der Waals surface area contributed by atoms with Gasteiger partial charge in [-0.15, -0.1) is 0 Å². The number of nitrogens with one attached hydrogen (secondary N) is 2. The number of sulfonamides is 1. The van der Waals surface area contributed by atoms with Gasteiger partial charge in [-0.1, -0.05) is 25.5 Å². The Morgan fingerprint density at radius 2 is 1.74 bits per heavy atom. The molecule has 2 rings (SSSR count). The minimum absolute atomic E-state index is 0.142. The van der Waals surface area contributed by atoms with Crippen molar-refractivity contribution in [3.05, 3.63) is 60.2 Å². The van der Waals surface area contributed by atoms with Crippen LogP contribution < -0.4 is 14.8 Å². The summed E-state index contributed by atoms with van der Waals surface area (Å²) in [5.74, 6) is 0.481. The van der Waals surface area contributed by atoms with Crippen molar-refractivity contribution in [3.8, 4) is 5.75 Å². The molecule has 0 saturated heterocycles. The SMILES string of the molecule is CCCCNC(=O)/C=C/c1ccc(S(=O)(=O)Nc2ccc(OC)cc2)cc1. The molecular formula is C20H24N2O4S. The van der Waals surface area contributed by atoms with Crippen LogP contribution in [-0.4, -0.2) is 28.0 Å². The fraction of sp³-hybridized carbons (Fsp3) is 0.250. The van der Waals surface area contributed by atoms with Gasteiger partial charge >= 0.3 is 0 Å². The quantitative estimate of drug-likeness (QED) is 0.509. The van der Waals surface area contributed by atoms with Gasteiger partial charge in [0, 0.05) is 18.3 Å². The predicted octanol–water partition coefficient (Wildman–Crippen LogP) is 3.43. The van der Waals surface area contributed by atoms with E-state index in [-0.39, 0.29) is 10.8 Å². The highest BCUT2D eigenvalue weighted by atomic mass is 32.2. The van der Waals surface area contributed by atoms with Crippen molar-refractivity contribution in [1.82, 2.24) is 5.32 Å². The number of amides is 1. The zero-order valence-corrected chi connectivity index (χ0v) is 16.3. The molecule has 144 valence electrons. The second-order valence-electron chi connectivity index (χ2n) is 5.88. The van der Waals surface area contributed by atoms with Crippen LogP contribution >= 0.6 is 0 Å². The van der Waals surface area contributed by atoms with Crippen LogP contribution in [0.25, 0.3) is 6.08 Å². The summed E-state index contributed by atoms with van der Waals surface area (Å²) in [6.07, 6.45) is 5.04. The molecule has 0 fully saturated rings. The number of benzene rings is 2. The van der Waals surface area contributed by atoms with Gasteiger partial charge in [0.2, 0.25) is 5.91 Å². The second kappa shape index (κ2) is 9.78. The Kier molecular flexibility index (Phi) is 7.43. The van der Waals surface area contributed by atoms with Crippen molar-refractivity contribution in [2.75, 3.05) is 18.4 Å². The van der Waals surface area contributed by atoms with Gasteiger partial charge in [-0.25, -0.2) is 8.42 Å². The van der Waals surface area contributed by atoms with Gasteiger partial charge in [-0.3, -0.25) is 9.52 Å². The first kappa shape index (κ1) is 20.5. The third-order valence-corrected chi connectivity index (χ3v) is 5.19. The third kappa shape index (κ3) is 6.45. The Hall–Kier alpha value is -2.80. The number of carbonyl (C=O) groups excluding carboxylic acids is 1. The molecule has 0 aliphatic carbocycles. The van der Waals surface area contributed by atoms with Crippen molar-refractivity contribution in [2.45, 2.75) is 24.7 Å². The lowest BCUT2D eigenvalue weighted by atomic mass is 10.2. The first-order chi connectivity index (χ1) is 12.9. The van der Waals surface area contributed by atoms with Crippen molar-refractivity contribution < 1.29 is 17.9 Å². The van der Waals surface area contributed by atoms with Crippen molar-refractivity contribution in [1.29, 1.82) is 0 Å². The highest BCUT2D eigenvalue weighted by Crippen LogP contribution is 2.19. The maximum Gasteiger partial charge on any atom is 0.261 e. The largest absolute Gasteiger partial charge is 0.497 e. The lowest BCUT2D eigenvalue weighted by Gasteiger charge is -2.09. The van der Waals surface area contributed by atoms with E-state index in [0.717, 1.165) is 18.4 Å². The van der Waals surface area contributed by atoms with Gasteiger partial charge in [0.15, 0.2) is 0 Å². The predicted molar refractivity (Wildman–Crippen MR) is 107 cm³/mol. The van der Waals surface area contributed by atoms with E-state index < -0.39 is 10.0 Å². The minimum atomic E-state index is -3.69. The van der Waals surface area contributed by atoms with Crippen LogP contribution in [0.4, 0.5) is 5.69 Å². The fourth-order valence-corrected chi connectivity index (χ4v) is 3.31. The molecule has 6 nitrogen and oxygen atoms in total. The fourth-order valence-electron chi connectivity index (χ4n) is 2.25. The summed E-state index contributed by atoms with van der Waals surface area (Å²) in [5.41, 5.74) is 1.19. The molecule has 0 unspecified atom stereocenters. The van der Waals surface area contributed by atoms with Crippen LogP contribution in [0.1, 0.15) is 25.3 Å². The van der Waals surface area contributed by atoms with Gasteiger partial charge < -0.3 is 10.1 Å². The highest BCUT2D eigenvalue weighted by Gasteiger charge is 2.13. The van der Waals surface area contributed by atoms with Gasteiger partial charge in [0.1, 0.15) is 5.75 Å². The number of ether oxygens (including phenoxy) is 1. The first-order valence-electron chi connectivity index (χ1n) is 8.67. The van der Waals surface area contributed by atoms with Gasteiger partial charge in [-0.2, -0.15) is 0 Å². The van der Waals surface area contributed by atoms with E-state index in [1.807, 2.05) is 0 Å². The van der Waals surface area contributed by atoms with Crippen LogP contribution in [0.3, 0.4) is 0 Å². The molecule has 0 atom stereocenters. The summed E-state index contributed by atoms with van der Waals surface area (Å²) in [7, 11) is -2.14. The van der Waals surface area contributed by atoms with Crippen molar-refractivity contribution in [2.24, 2.45) is 0 Å². The minimum Gasteiger partial charge on any atom is -0.497 e. The van der Waals surface area contributed by atoms with E-state index in [0.29, 0.717) is 18.0 Å². The van der Waals surface area contributed by atoms with Crippen molar-refractivity contribution in [3.63, 3.8) is 0 Å². The van der Waals surface area contributed by atoms with Crippen molar-refractivity contribution >= 4 is 27.7 Å². The molecular weight excluding hydrogens is 364 g/mol. The number of methoxy groups -OCH3 is 1. The molecule has 2 N–H and O–H groups in total. The Balaban J connectivity index is 2.01. The standard InChI is InChI=1S/C20H24N2O4S/c1-3-4-15-21-20(23)14-7-16-5-12-19(13-6-16)27(24,25)22-17-8-10-18(26-2)11-9-17/h5-14,22H,3-4,15H2,1-2H3,(H,21,23)/b14-7+. The second-order valence-corrected chi connectivity index (χ2v) is 7.56. The van der Waals surface area contributed by atoms with E-state index in [2.05, 4.69) is 17.0 Å². The number of hydrogen-bond acceptors (Lipinski definition) is 4. The van der Waals surface area contributed by atoms with Crippen LogP contribution in [-0.2, 0) is 14.8 Å². The van der Waals surface area contributed by atoms with E-state index >= 15 is 0 Å². The Labute approximate surface area is 160 Å². The Morgan fingerprint density at radius 3 is 2.33 bits per heavy atom. The number of rotatable bonds is 9. The first-order valence-corrected chi connectivity index (χ1v) is 10.2. The zero-order valence-electron chi connectivity index (χ0n) is 15.4. The molecule has 0 heterocycles. The Bertz CT molecular complexity index is 873. The van der Waals surface area contributed by atoms with Gasteiger partial charge in [-0.05, 0) is 54.5 Å². The van der Waals surface area contributed by atoms with Gasteiger partial charge in [0.05, 0.1) is 12.0 Å². The molecule has 2 aromatic rings. The molecule has 0 aromatic heterocycles. The Morgan fingerprint density at radius 1 is 1.07 bits per heavy atom. The van der Waals surface area contributed by atoms with Crippen LogP contribution in [0.5, 0.6) is 5.75 Å².